The molecule has 2 rings (SSSR count). The number of nitrogens with zero attached hydrogens (tertiary/aromatic N) is 2. The normalized spacial score (nSPS) is 10.2. The molecule has 1 heterocycles. The van der Waals surface area contributed by atoms with Gasteiger partial charge < -0.3 is 19.6 Å². The van der Waals surface area contributed by atoms with Crippen molar-refractivity contribution in [3.8, 4) is 17.2 Å². The number of hydrogen-bond donors (Lipinski definition) is 0. The molecule has 21 heavy (non-hydrogen) atoms. The first-order valence-corrected chi connectivity index (χ1v) is 6.59. The first kappa shape index (κ1) is 14.8. The number of methoxy groups -OCH3 is 1. The lowest BCUT2D eigenvalue weighted by atomic mass is 10.1. The van der Waals surface area contributed by atoms with Crippen LogP contribution in [0.25, 0.3) is 0 Å². The maximum atomic E-state index is 10.6. The standard InChI is InChI=1S/C15H16N2O4/c1-3-4-11-5-7-13(14(9-11)20-2)21-12-6-8-15(16-10-12)17(18)19/h5-10H,3-4H2,1-2H3. The molecule has 2 aromatic rings. The van der Waals surface area contributed by atoms with Crippen molar-refractivity contribution in [3.63, 3.8) is 0 Å². The molecule has 110 valence electrons. The molecule has 0 fully saturated rings. The van der Waals surface area contributed by atoms with Gasteiger partial charge >= 0.3 is 5.82 Å². The molecule has 1 aromatic carbocycles. The fourth-order valence-electron chi connectivity index (χ4n) is 1.91. The molecule has 0 unspecified atom stereocenters. The molecule has 0 radical (unpaired) electrons. The minimum absolute atomic E-state index is 0.215. The van der Waals surface area contributed by atoms with Crippen LogP contribution in [0.4, 0.5) is 5.82 Å². The predicted octanol–water partition coefficient (Wildman–Crippen LogP) is 3.74. The number of rotatable bonds is 6. The fourth-order valence-corrected chi connectivity index (χ4v) is 1.91. The molecule has 0 aliphatic carbocycles. The molecule has 0 bridgehead atoms. The van der Waals surface area contributed by atoms with Crippen molar-refractivity contribution in [2.45, 2.75) is 19.8 Å². The zero-order chi connectivity index (χ0) is 15.2. The zero-order valence-corrected chi connectivity index (χ0v) is 11.9. The molecule has 1 aromatic heterocycles. The Hall–Kier alpha value is -2.63. The molecule has 0 aliphatic rings. The van der Waals surface area contributed by atoms with E-state index in [9.17, 15) is 10.1 Å². The fraction of sp³-hybridized carbons (Fsp3) is 0.267. The molecule has 0 saturated heterocycles. The number of nitro groups is 1. The van der Waals surface area contributed by atoms with Gasteiger partial charge in [0.25, 0.3) is 0 Å². The van der Waals surface area contributed by atoms with Crippen LogP contribution in [0.2, 0.25) is 0 Å². The minimum Gasteiger partial charge on any atom is -0.493 e. The molecular weight excluding hydrogens is 272 g/mol. The zero-order valence-electron chi connectivity index (χ0n) is 11.9. The van der Waals surface area contributed by atoms with Crippen molar-refractivity contribution >= 4 is 5.82 Å². The van der Waals surface area contributed by atoms with Gasteiger partial charge in [-0.2, -0.15) is 0 Å². The van der Waals surface area contributed by atoms with E-state index < -0.39 is 4.92 Å². The molecule has 0 aliphatic heterocycles. The Morgan fingerprint density at radius 2 is 2.05 bits per heavy atom. The summed E-state index contributed by atoms with van der Waals surface area (Å²) in [6.07, 6.45) is 3.34. The largest absolute Gasteiger partial charge is 0.493 e. The van der Waals surface area contributed by atoms with Crippen molar-refractivity contribution in [1.82, 2.24) is 4.98 Å². The van der Waals surface area contributed by atoms with Crippen LogP contribution in [-0.4, -0.2) is 17.0 Å². The monoisotopic (exact) mass is 288 g/mol. The molecule has 0 saturated carbocycles. The Morgan fingerprint density at radius 1 is 1.24 bits per heavy atom. The molecule has 0 N–H and O–H groups in total. The number of aromatic nitrogens is 1. The third kappa shape index (κ3) is 3.68. The van der Waals surface area contributed by atoms with E-state index in [0.717, 1.165) is 12.8 Å². The van der Waals surface area contributed by atoms with Crippen LogP contribution >= 0.6 is 0 Å². The number of benzene rings is 1. The van der Waals surface area contributed by atoms with Gasteiger partial charge in [-0.1, -0.05) is 19.4 Å². The lowest BCUT2D eigenvalue weighted by Gasteiger charge is -2.11. The van der Waals surface area contributed by atoms with Crippen molar-refractivity contribution in [1.29, 1.82) is 0 Å². The average molecular weight is 288 g/mol. The van der Waals surface area contributed by atoms with Gasteiger partial charge in [-0.25, -0.2) is 0 Å². The Morgan fingerprint density at radius 3 is 2.62 bits per heavy atom. The molecular formula is C15H16N2O4. The summed E-state index contributed by atoms with van der Waals surface area (Å²) in [4.78, 5) is 13.7. The van der Waals surface area contributed by atoms with Crippen LogP contribution in [0.3, 0.4) is 0 Å². The second-order valence-corrected chi connectivity index (χ2v) is 4.45. The smallest absolute Gasteiger partial charge is 0.363 e. The number of ether oxygens (including phenoxy) is 2. The summed E-state index contributed by atoms with van der Waals surface area (Å²) in [6, 6.07) is 8.53. The summed E-state index contributed by atoms with van der Waals surface area (Å²) in [7, 11) is 1.58. The first-order valence-electron chi connectivity index (χ1n) is 6.59. The lowest BCUT2D eigenvalue weighted by molar-refractivity contribution is -0.389. The second-order valence-electron chi connectivity index (χ2n) is 4.45. The highest BCUT2D eigenvalue weighted by atomic mass is 16.6. The van der Waals surface area contributed by atoms with E-state index >= 15 is 0 Å². The summed E-state index contributed by atoms with van der Waals surface area (Å²) < 4.78 is 11.0. The van der Waals surface area contributed by atoms with E-state index in [2.05, 4.69) is 11.9 Å². The van der Waals surface area contributed by atoms with Crippen LogP contribution in [0, 0.1) is 10.1 Å². The van der Waals surface area contributed by atoms with Gasteiger partial charge in [0.05, 0.1) is 7.11 Å². The Balaban J connectivity index is 2.20. The van der Waals surface area contributed by atoms with Gasteiger partial charge in [-0.05, 0) is 40.1 Å². The lowest BCUT2D eigenvalue weighted by Crippen LogP contribution is -1.94. The van der Waals surface area contributed by atoms with Crippen molar-refractivity contribution in [3.05, 3.63) is 52.2 Å². The second kappa shape index (κ2) is 6.69. The van der Waals surface area contributed by atoms with Gasteiger partial charge in [0.2, 0.25) is 0 Å². The SMILES string of the molecule is CCCc1ccc(Oc2ccc([N+](=O)[O-])nc2)c(OC)c1. The van der Waals surface area contributed by atoms with Crippen LogP contribution in [-0.2, 0) is 6.42 Å². The average Bonchev–Trinajstić information content (AvgIpc) is 2.49. The van der Waals surface area contributed by atoms with Crippen LogP contribution in [0.5, 0.6) is 17.2 Å². The third-order valence-electron chi connectivity index (χ3n) is 2.90. The van der Waals surface area contributed by atoms with Gasteiger partial charge in [0.1, 0.15) is 0 Å². The number of hydrogen-bond acceptors (Lipinski definition) is 5. The summed E-state index contributed by atoms with van der Waals surface area (Å²) >= 11 is 0. The third-order valence-corrected chi connectivity index (χ3v) is 2.90. The summed E-state index contributed by atoms with van der Waals surface area (Å²) in [5, 5.41) is 10.6. The summed E-state index contributed by atoms with van der Waals surface area (Å²) in [6.45, 7) is 2.11. The van der Waals surface area contributed by atoms with E-state index in [0.29, 0.717) is 17.2 Å². The Kier molecular flexibility index (Phi) is 4.71. The van der Waals surface area contributed by atoms with Crippen LogP contribution < -0.4 is 9.47 Å². The molecule has 0 amide bonds. The van der Waals surface area contributed by atoms with E-state index in [1.165, 1.54) is 23.9 Å². The molecule has 0 atom stereocenters. The minimum atomic E-state index is -0.552. The van der Waals surface area contributed by atoms with Crippen LogP contribution in [0.15, 0.2) is 36.5 Å². The molecule has 0 spiro atoms. The topological polar surface area (TPSA) is 74.5 Å². The molecule has 6 heteroatoms. The van der Waals surface area contributed by atoms with Gasteiger partial charge in [-0.15, -0.1) is 0 Å². The summed E-state index contributed by atoms with van der Waals surface area (Å²) in [5.74, 6) is 1.38. The molecule has 6 nitrogen and oxygen atoms in total. The quantitative estimate of drug-likeness (QED) is 0.598. The Labute approximate surface area is 122 Å². The maximum Gasteiger partial charge on any atom is 0.363 e. The van der Waals surface area contributed by atoms with Gasteiger partial charge in [-0.3, -0.25) is 0 Å². The van der Waals surface area contributed by atoms with Gasteiger partial charge in [0.15, 0.2) is 23.4 Å². The van der Waals surface area contributed by atoms with E-state index in [-0.39, 0.29) is 5.82 Å². The van der Waals surface area contributed by atoms with Crippen molar-refractivity contribution in [2.75, 3.05) is 7.11 Å². The highest BCUT2D eigenvalue weighted by Gasteiger charge is 2.10. The number of aryl methyl sites for hydroxylation is 1. The van der Waals surface area contributed by atoms with E-state index in [1.54, 1.807) is 7.11 Å². The van der Waals surface area contributed by atoms with E-state index in [4.69, 9.17) is 9.47 Å². The van der Waals surface area contributed by atoms with Crippen molar-refractivity contribution in [2.24, 2.45) is 0 Å². The predicted molar refractivity (Wildman–Crippen MR) is 78.0 cm³/mol. The number of pyridine rings is 1. The summed E-state index contributed by atoms with van der Waals surface area (Å²) in [5.41, 5.74) is 1.17. The van der Waals surface area contributed by atoms with E-state index in [1.807, 2.05) is 18.2 Å². The van der Waals surface area contributed by atoms with Gasteiger partial charge in [0, 0.05) is 6.07 Å². The highest BCUT2D eigenvalue weighted by molar-refractivity contribution is 5.45. The highest BCUT2D eigenvalue weighted by Crippen LogP contribution is 2.32. The maximum absolute atomic E-state index is 10.6. The van der Waals surface area contributed by atoms with Crippen LogP contribution in [0.1, 0.15) is 18.9 Å². The Bertz CT molecular complexity index is 626. The first-order chi connectivity index (χ1) is 10.1. The van der Waals surface area contributed by atoms with Crippen molar-refractivity contribution < 1.29 is 14.4 Å².